The van der Waals surface area contributed by atoms with E-state index in [1.54, 1.807) is 18.7 Å². The molecule has 1 aliphatic heterocycles. The molecule has 0 spiro atoms. The van der Waals surface area contributed by atoms with Crippen molar-refractivity contribution in [1.82, 2.24) is 10.2 Å². The third kappa shape index (κ3) is 3.11. The van der Waals surface area contributed by atoms with Crippen molar-refractivity contribution in [2.45, 2.75) is 32.7 Å². The fraction of sp³-hybridized carbons (Fsp3) is 0.800. The number of likely N-dealkylation sites (tertiary alicyclic amines) is 1. The summed E-state index contributed by atoms with van der Waals surface area (Å²) in [6.07, 6.45) is 2.01. The van der Waals surface area contributed by atoms with E-state index in [0.29, 0.717) is 0 Å². The lowest BCUT2D eigenvalue weighted by molar-refractivity contribution is -0.140. The second-order valence-electron chi connectivity index (χ2n) is 4.20. The number of urea groups is 1. The van der Waals surface area contributed by atoms with Crippen LogP contribution in [-0.4, -0.2) is 41.1 Å². The summed E-state index contributed by atoms with van der Waals surface area (Å²) in [4.78, 5) is 24.1. The molecule has 0 saturated carbocycles. The minimum Gasteiger partial charge on any atom is -0.480 e. The first-order chi connectivity index (χ1) is 7.02. The van der Waals surface area contributed by atoms with E-state index in [1.807, 2.05) is 0 Å². The van der Waals surface area contributed by atoms with Crippen LogP contribution in [0, 0.1) is 5.92 Å². The molecule has 1 atom stereocenters. The maximum absolute atomic E-state index is 11.6. The molecule has 0 unspecified atom stereocenters. The van der Waals surface area contributed by atoms with Crippen molar-refractivity contribution < 1.29 is 14.7 Å². The fourth-order valence-electron chi connectivity index (χ4n) is 1.66. The highest BCUT2D eigenvalue weighted by Gasteiger charge is 2.26. The Hall–Kier alpha value is -1.26. The zero-order valence-corrected chi connectivity index (χ0v) is 9.19. The molecule has 2 amide bonds. The molecule has 0 radical (unpaired) electrons. The van der Waals surface area contributed by atoms with Crippen LogP contribution in [-0.2, 0) is 4.79 Å². The van der Waals surface area contributed by atoms with Crippen LogP contribution < -0.4 is 5.32 Å². The molecule has 1 aliphatic rings. The van der Waals surface area contributed by atoms with Crippen LogP contribution >= 0.6 is 0 Å². The van der Waals surface area contributed by atoms with Gasteiger partial charge in [0.25, 0.3) is 0 Å². The van der Waals surface area contributed by atoms with Gasteiger partial charge in [-0.1, -0.05) is 13.8 Å². The number of rotatable bonds is 3. The van der Waals surface area contributed by atoms with Gasteiger partial charge in [-0.2, -0.15) is 0 Å². The SMILES string of the molecule is CC(C)[C@H](NC(=O)N1CCCC1)C(=O)O. The number of nitrogens with one attached hydrogen (secondary N) is 1. The van der Waals surface area contributed by atoms with Crippen molar-refractivity contribution in [3.05, 3.63) is 0 Å². The molecule has 1 saturated heterocycles. The predicted octanol–water partition coefficient (Wildman–Crippen LogP) is 0.901. The second kappa shape index (κ2) is 5.00. The Morgan fingerprint density at radius 2 is 1.80 bits per heavy atom. The third-order valence-corrected chi connectivity index (χ3v) is 2.60. The molecule has 1 heterocycles. The van der Waals surface area contributed by atoms with Crippen LogP contribution in [0.4, 0.5) is 4.79 Å². The van der Waals surface area contributed by atoms with Crippen molar-refractivity contribution in [3.8, 4) is 0 Å². The molecular formula is C10H18N2O3. The molecule has 5 heteroatoms. The van der Waals surface area contributed by atoms with E-state index in [0.717, 1.165) is 25.9 Å². The number of carbonyl (C=O) groups is 2. The number of carboxylic acids is 1. The van der Waals surface area contributed by atoms with Gasteiger partial charge in [0.2, 0.25) is 0 Å². The van der Waals surface area contributed by atoms with E-state index in [-0.39, 0.29) is 11.9 Å². The first-order valence-corrected chi connectivity index (χ1v) is 5.30. The zero-order chi connectivity index (χ0) is 11.4. The molecule has 86 valence electrons. The maximum Gasteiger partial charge on any atom is 0.326 e. The summed E-state index contributed by atoms with van der Waals surface area (Å²) in [6, 6.07) is -1.05. The number of carboxylic acid groups (broad SMARTS) is 1. The zero-order valence-electron chi connectivity index (χ0n) is 9.19. The summed E-state index contributed by atoms with van der Waals surface area (Å²) >= 11 is 0. The molecule has 0 aromatic rings. The number of carbonyl (C=O) groups excluding carboxylic acids is 1. The van der Waals surface area contributed by atoms with Gasteiger partial charge in [-0.25, -0.2) is 9.59 Å². The molecule has 15 heavy (non-hydrogen) atoms. The van der Waals surface area contributed by atoms with Crippen molar-refractivity contribution in [3.63, 3.8) is 0 Å². The highest BCUT2D eigenvalue weighted by atomic mass is 16.4. The van der Waals surface area contributed by atoms with Crippen LogP contribution in [0.15, 0.2) is 0 Å². The van der Waals surface area contributed by atoms with E-state index in [2.05, 4.69) is 5.32 Å². The molecule has 1 fully saturated rings. The minimum atomic E-state index is -0.974. The molecule has 0 bridgehead atoms. The molecule has 2 N–H and O–H groups in total. The van der Waals surface area contributed by atoms with Gasteiger partial charge in [0, 0.05) is 13.1 Å². The number of amides is 2. The van der Waals surface area contributed by atoms with Gasteiger partial charge in [0.15, 0.2) is 0 Å². The lowest BCUT2D eigenvalue weighted by Gasteiger charge is -2.22. The van der Waals surface area contributed by atoms with Gasteiger partial charge in [-0.3, -0.25) is 0 Å². The van der Waals surface area contributed by atoms with Crippen molar-refractivity contribution >= 4 is 12.0 Å². The Balaban J connectivity index is 2.50. The van der Waals surface area contributed by atoms with Gasteiger partial charge >= 0.3 is 12.0 Å². The molecule has 0 aromatic carbocycles. The van der Waals surface area contributed by atoms with Gasteiger partial charge in [0.05, 0.1) is 0 Å². The maximum atomic E-state index is 11.6. The average molecular weight is 214 g/mol. The van der Waals surface area contributed by atoms with Crippen LogP contribution in [0.1, 0.15) is 26.7 Å². The van der Waals surface area contributed by atoms with Gasteiger partial charge in [0.1, 0.15) is 6.04 Å². The van der Waals surface area contributed by atoms with E-state index in [4.69, 9.17) is 5.11 Å². The Bertz CT molecular complexity index is 247. The van der Waals surface area contributed by atoms with E-state index in [9.17, 15) is 9.59 Å². The average Bonchev–Trinajstić information content (AvgIpc) is 2.65. The largest absolute Gasteiger partial charge is 0.480 e. The van der Waals surface area contributed by atoms with E-state index < -0.39 is 12.0 Å². The first-order valence-electron chi connectivity index (χ1n) is 5.30. The molecule has 0 aliphatic carbocycles. The van der Waals surface area contributed by atoms with Gasteiger partial charge in [-0.05, 0) is 18.8 Å². The predicted molar refractivity (Wildman–Crippen MR) is 55.6 cm³/mol. The van der Waals surface area contributed by atoms with Gasteiger partial charge < -0.3 is 15.3 Å². The molecule has 0 aromatic heterocycles. The fourth-order valence-corrected chi connectivity index (χ4v) is 1.66. The second-order valence-corrected chi connectivity index (χ2v) is 4.20. The minimum absolute atomic E-state index is 0.103. The smallest absolute Gasteiger partial charge is 0.326 e. The summed E-state index contributed by atoms with van der Waals surface area (Å²) in [7, 11) is 0. The molecule has 1 rings (SSSR count). The number of nitrogens with zero attached hydrogens (tertiary/aromatic N) is 1. The van der Waals surface area contributed by atoms with Crippen LogP contribution in [0.2, 0.25) is 0 Å². The van der Waals surface area contributed by atoms with Crippen molar-refractivity contribution in [2.24, 2.45) is 5.92 Å². The highest BCUT2D eigenvalue weighted by Crippen LogP contribution is 2.09. The Kier molecular flexibility index (Phi) is 3.94. The monoisotopic (exact) mass is 214 g/mol. The highest BCUT2D eigenvalue weighted by molar-refractivity contribution is 5.82. The Morgan fingerprint density at radius 1 is 1.27 bits per heavy atom. The van der Waals surface area contributed by atoms with Crippen LogP contribution in [0.25, 0.3) is 0 Å². The Morgan fingerprint density at radius 3 is 2.20 bits per heavy atom. The lowest BCUT2D eigenvalue weighted by atomic mass is 10.1. The lowest BCUT2D eigenvalue weighted by Crippen LogP contribution is -2.49. The van der Waals surface area contributed by atoms with Crippen molar-refractivity contribution in [1.29, 1.82) is 0 Å². The molecule has 5 nitrogen and oxygen atoms in total. The van der Waals surface area contributed by atoms with Gasteiger partial charge in [-0.15, -0.1) is 0 Å². The first kappa shape index (κ1) is 11.8. The van der Waals surface area contributed by atoms with E-state index >= 15 is 0 Å². The number of hydrogen-bond acceptors (Lipinski definition) is 2. The topological polar surface area (TPSA) is 69.6 Å². The summed E-state index contributed by atoms with van der Waals surface area (Å²) in [6.45, 7) is 5.03. The van der Waals surface area contributed by atoms with Crippen molar-refractivity contribution in [2.75, 3.05) is 13.1 Å². The summed E-state index contributed by atoms with van der Waals surface area (Å²) < 4.78 is 0. The van der Waals surface area contributed by atoms with Crippen LogP contribution in [0.3, 0.4) is 0 Å². The summed E-state index contributed by atoms with van der Waals surface area (Å²) in [5.74, 6) is -1.08. The number of hydrogen-bond donors (Lipinski definition) is 2. The normalized spacial score (nSPS) is 17.9. The quantitative estimate of drug-likeness (QED) is 0.733. The summed E-state index contributed by atoms with van der Waals surface area (Å²) in [5, 5.41) is 11.4. The Labute approximate surface area is 89.4 Å². The van der Waals surface area contributed by atoms with Crippen LogP contribution in [0.5, 0.6) is 0 Å². The molecular weight excluding hydrogens is 196 g/mol. The van der Waals surface area contributed by atoms with E-state index in [1.165, 1.54) is 0 Å². The number of aliphatic carboxylic acids is 1. The summed E-state index contributed by atoms with van der Waals surface area (Å²) in [5.41, 5.74) is 0. The third-order valence-electron chi connectivity index (χ3n) is 2.60. The standard InChI is InChI=1S/C10H18N2O3/c1-7(2)8(9(13)14)11-10(15)12-5-3-4-6-12/h7-8H,3-6H2,1-2H3,(H,11,15)(H,13,14)/t8-/m0/s1.